The molecule has 0 aliphatic heterocycles. The predicted octanol–water partition coefficient (Wildman–Crippen LogP) is 1.44. The van der Waals surface area contributed by atoms with Gasteiger partial charge < -0.3 is 0 Å². The van der Waals surface area contributed by atoms with Gasteiger partial charge in [-0.2, -0.15) is 0 Å². The summed E-state index contributed by atoms with van der Waals surface area (Å²) < 4.78 is 6.65. The van der Waals surface area contributed by atoms with E-state index in [1.54, 1.807) is 32.4 Å². The van der Waals surface area contributed by atoms with Crippen molar-refractivity contribution in [2.24, 2.45) is 14.1 Å². The molecule has 0 spiro atoms. The van der Waals surface area contributed by atoms with Crippen molar-refractivity contribution in [1.29, 1.82) is 0 Å². The fourth-order valence-electron chi connectivity index (χ4n) is 2.66. The lowest BCUT2D eigenvalue weighted by atomic mass is 10.3. The van der Waals surface area contributed by atoms with Crippen LogP contribution >= 0.6 is 0 Å². The summed E-state index contributed by atoms with van der Waals surface area (Å²) in [4.78, 5) is 24.7. The molecule has 2 aromatic rings. The molecule has 0 N–H and O–H groups in total. The molecular formula is C14H24N4O2. The van der Waals surface area contributed by atoms with E-state index in [1.165, 1.54) is 0 Å². The molecule has 2 heterocycles. The van der Waals surface area contributed by atoms with Crippen LogP contribution in [0.3, 0.4) is 0 Å². The number of aromatic nitrogens is 4. The van der Waals surface area contributed by atoms with Gasteiger partial charge in [-0.05, 0) is 12.8 Å². The van der Waals surface area contributed by atoms with Crippen LogP contribution in [-0.4, -0.2) is 18.3 Å². The van der Waals surface area contributed by atoms with Crippen LogP contribution in [0, 0.1) is 0 Å². The first-order valence-corrected chi connectivity index (χ1v) is 7.39. The average Bonchev–Trinajstić information content (AvgIpc) is 2.82. The van der Waals surface area contributed by atoms with Crippen molar-refractivity contribution in [1.82, 2.24) is 18.3 Å². The molecule has 0 saturated carbocycles. The molecule has 2 rings (SSSR count). The largest absolute Gasteiger partial charge is 0.331 e. The van der Waals surface area contributed by atoms with Crippen molar-refractivity contribution in [2.75, 3.05) is 0 Å². The summed E-state index contributed by atoms with van der Waals surface area (Å²) in [6.07, 6.45) is 3.92. The van der Waals surface area contributed by atoms with E-state index in [0.717, 1.165) is 37.0 Å². The zero-order valence-electron chi connectivity index (χ0n) is 12.8. The van der Waals surface area contributed by atoms with E-state index >= 15 is 0 Å². The minimum absolute atomic E-state index is 0.0377. The van der Waals surface area contributed by atoms with Gasteiger partial charge in [-0.15, -0.1) is 0 Å². The van der Waals surface area contributed by atoms with Gasteiger partial charge in [0.05, 0.1) is 0 Å². The predicted molar refractivity (Wildman–Crippen MR) is 80.2 cm³/mol. The molecule has 2 aromatic heterocycles. The van der Waals surface area contributed by atoms with Crippen molar-refractivity contribution in [3.63, 3.8) is 0 Å². The minimum Gasteiger partial charge on any atom is -0.279 e. The fraction of sp³-hybridized carbons (Fsp3) is 0.714. The SMILES string of the molecule is CCCCn1c(=O)n(C)c2c1n(C)c(=O)n2CCCC. The summed E-state index contributed by atoms with van der Waals surface area (Å²) >= 11 is 0. The van der Waals surface area contributed by atoms with Gasteiger partial charge >= 0.3 is 11.4 Å². The number of fused-ring (bicyclic) bond motifs is 1. The van der Waals surface area contributed by atoms with E-state index in [-0.39, 0.29) is 11.4 Å². The zero-order valence-corrected chi connectivity index (χ0v) is 12.8. The van der Waals surface area contributed by atoms with E-state index in [2.05, 4.69) is 13.8 Å². The Labute approximate surface area is 118 Å². The summed E-state index contributed by atoms with van der Waals surface area (Å²) in [5.74, 6) is 0. The van der Waals surface area contributed by atoms with Crippen LogP contribution in [0.2, 0.25) is 0 Å². The maximum absolute atomic E-state index is 12.3. The Morgan fingerprint density at radius 2 is 1.10 bits per heavy atom. The van der Waals surface area contributed by atoms with Gasteiger partial charge in [0.25, 0.3) is 0 Å². The molecule has 0 fully saturated rings. The Morgan fingerprint density at radius 1 is 0.750 bits per heavy atom. The Balaban J connectivity index is 2.69. The van der Waals surface area contributed by atoms with E-state index in [0.29, 0.717) is 13.1 Å². The molecule has 0 aliphatic carbocycles. The number of nitrogens with zero attached hydrogens (tertiary/aromatic N) is 4. The topological polar surface area (TPSA) is 53.9 Å². The highest BCUT2D eigenvalue weighted by molar-refractivity contribution is 5.68. The minimum atomic E-state index is -0.0377. The fourth-order valence-corrected chi connectivity index (χ4v) is 2.66. The van der Waals surface area contributed by atoms with Gasteiger partial charge in [-0.3, -0.25) is 18.3 Å². The van der Waals surface area contributed by atoms with Gasteiger partial charge in [0.15, 0.2) is 11.3 Å². The first-order valence-electron chi connectivity index (χ1n) is 7.39. The van der Waals surface area contributed by atoms with Gasteiger partial charge in [-0.25, -0.2) is 9.59 Å². The Bertz CT molecular complexity index is 652. The number of imidazole rings is 2. The summed E-state index contributed by atoms with van der Waals surface area (Å²) in [5, 5.41) is 0. The second-order valence-electron chi connectivity index (χ2n) is 5.34. The number of hydrogen-bond donors (Lipinski definition) is 0. The second kappa shape index (κ2) is 5.73. The third-order valence-corrected chi connectivity index (χ3v) is 3.85. The maximum atomic E-state index is 12.3. The van der Waals surface area contributed by atoms with Gasteiger partial charge in [0, 0.05) is 27.2 Å². The van der Waals surface area contributed by atoms with Gasteiger partial charge in [0.1, 0.15) is 0 Å². The van der Waals surface area contributed by atoms with Crippen LogP contribution in [0.1, 0.15) is 39.5 Å². The highest BCUT2D eigenvalue weighted by Crippen LogP contribution is 2.12. The van der Waals surface area contributed by atoms with Crippen LogP contribution < -0.4 is 11.4 Å². The molecule has 0 unspecified atom stereocenters. The molecule has 6 heteroatoms. The monoisotopic (exact) mass is 280 g/mol. The van der Waals surface area contributed by atoms with Crippen LogP contribution in [-0.2, 0) is 27.2 Å². The maximum Gasteiger partial charge on any atom is 0.331 e. The molecule has 0 aromatic carbocycles. The highest BCUT2D eigenvalue weighted by Gasteiger charge is 2.20. The molecule has 0 radical (unpaired) electrons. The molecule has 6 nitrogen and oxygen atoms in total. The third-order valence-electron chi connectivity index (χ3n) is 3.85. The molecule has 20 heavy (non-hydrogen) atoms. The first kappa shape index (κ1) is 14.7. The average molecular weight is 280 g/mol. The second-order valence-corrected chi connectivity index (χ2v) is 5.34. The van der Waals surface area contributed by atoms with Crippen LogP contribution in [0.25, 0.3) is 11.3 Å². The molecule has 0 atom stereocenters. The number of hydrogen-bond acceptors (Lipinski definition) is 2. The van der Waals surface area contributed by atoms with Crippen LogP contribution in [0.15, 0.2) is 9.59 Å². The van der Waals surface area contributed by atoms with Gasteiger partial charge in [-0.1, -0.05) is 26.7 Å². The highest BCUT2D eigenvalue weighted by atomic mass is 16.2. The van der Waals surface area contributed by atoms with Crippen molar-refractivity contribution in [2.45, 2.75) is 52.6 Å². The van der Waals surface area contributed by atoms with Crippen molar-refractivity contribution >= 4 is 11.3 Å². The van der Waals surface area contributed by atoms with Crippen molar-refractivity contribution in [3.05, 3.63) is 21.0 Å². The summed E-state index contributed by atoms with van der Waals surface area (Å²) in [6.45, 7) is 5.52. The molecule has 112 valence electrons. The number of aryl methyl sites for hydroxylation is 4. The van der Waals surface area contributed by atoms with E-state index in [1.807, 2.05) is 0 Å². The lowest BCUT2D eigenvalue weighted by Gasteiger charge is -2.02. The van der Waals surface area contributed by atoms with Crippen LogP contribution in [0.5, 0.6) is 0 Å². The first-order chi connectivity index (χ1) is 9.54. The van der Waals surface area contributed by atoms with E-state index in [9.17, 15) is 9.59 Å². The molecule has 0 aliphatic rings. The standard InChI is InChI=1S/C14H24N4O2/c1-5-7-9-17-11-12(16(4)13(17)19)18(10-8-6-2)14(20)15(11)3/h5-10H2,1-4H3. The Hall–Kier alpha value is -1.72. The lowest BCUT2D eigenvalue weighted by molar-refractivity contribution is 0.578. The third kappa shape index (κ3) is 2.13. The number of rotatable bonds is 6. The van der Waals surface area contributed by atoms with Crippen molar-refractivity contribution in [3.8, 4) is 0 Å². The summed E-state index contributed by atoms with van der Waals surface area (Å²) in [7, 11) is 3.49. The molecule has 0 amide bonds. The Kier molecular flexibility index (Phi) is 4.20. The molecule has 0 saturated heterocycles. The number of unbranched alkanes of at least 4 members (excludes halogenated alkanes) is 2. The zero-order chi connectivity index (χ0) is 14.9. The van der Waals surface area contributed by atoms with E-state index < -0.39 is 0 Å². The van der Waals surface area contributed by atoms with E-state index in [4.69, 9.17) is 0 Å². The summed E-state index contributed by atoms with van der Waals surface area (Å²) in [5.41, 5.74) is 1.41. The van der Waals surface area contributed by atoms with Crippen LogP contribution in [0.4, 0.5) is 0 Å². The smallest absolute Gasteiger partial charge is 0.279 e. The molecular weight excluding hydrogens is 256 g/mol. The van der Waals surface area contributed by atoms with Gasteiger partial charge in [0.2, 0.25) is 0 Å². The molecule has 0 bridgehead atoms. The Morgan fingerprint density at radius 3 is 1.40 bits per heavy atom. The van der Waals surface area contributed by atoms with Crippen molar-refractivity contribution < 1.29 is 0 Å². The summed E-state index contributed by atoms with van der Waals surface area (Å²) in [6, 6.07) is 0. The normalized spacial score (nSPS) is 11.6. The lowest BCUT2D eigenvalue weighted by Crippen LogP contribution is -2.29. The quantitative estimate of drug-likeness (QED) is 0.804.